The molecule has 0 atom stereocenters. The van der Waals surface area contributed by atoms with Gasteiger partial charge in [-0.1, -0.05) is 66.7 Å². The molecule has 0 saturated carbocycles. The molecule has 7 nitrogen and oxygen atoms in total. The molecule has 20 heteroatoms. The summed E-state index contributed by atoms with van der Waals surface area (Å²) >= 11 is 3.47. The number of fused-ring (bicyclic) bond motifs is 1. The summed E-state index contributed by atoms with van der Waals surface area (Å²) in [4.78, 5) is 12.3. The quantitative estimate of drug-likeness (QED) is 0.132. The molecule has 244 valence electrons. The number of ketones is 1. The highest BCUT2D eigenvalue weighted by Gasteiger charge is 2.63. The van der Waals surface area contributed by atoms with Gasteiger partial charge in [-0.25, -0.2) is 0 Å². The highest BCUT2D eigenvalue weighted by atomic mass is 32.3. The molecule has 0 aliphatic rings. The number of alkyl halides is 9. The van der Waals surface area contributed by atoms with Crippen molar-refractivity contribution in [2.45, 2.75) is 35.1 Å². The highest BCUT2D eigenvalue weighted by Crippen LogP contribution is 2.47. The Balaban J connectivity index is 0.000000307. The zero-order valence-corrected chi connectivity index (χ0v) is 24.9. The van der Waals surface area contributed by atoms with Crippen LogP contribution in [0.5, 0.6) is 0 Å². The van der Waals surface area contributed by atoms with E-state index < -0.39 is 50.0 Å². The Hall–Kier alpha value is -2.84. The number of Topliss-reactive ketones (excluding diaryl/α,β-unsaturated/α-hetero) is 1. The molecule has 0 radical (unpaired) electrons. The molecule has 0 aliphatic heterocycles. The molecule has 0 amide bonds. The molecule has 0 bridgehead atoms. The molecule has 0 aromatic heterocycles. The van der Waals surface area contributed by atoms with Crippen LogP contribution in [0.25, 0.3) is 10.8 Å². The fourth-order valence-corrected chi connectivity index (χ4v) is 9.40. The van der Waals surface area contributed by atoms with E-state index in [1.165, 1.54) is 21.9 Å². The van der Waals surface area contributed by atoms with Crippen molar-refractivity contribution < 1.29 is 69.6 Å². The minimum atomic E-state index is -8.02. The molecule has 3 aromatic rings. The van der Waals surface area contributed by atoms with Gasteiger partial charge in [-0.05, 0) is 35.4 Å². The van der Waals surface area contributed by atoms with E-state index >= 15 is 0 Å². The number of halogens is 9. The Morgan fingerprint density at radius 3 is 1.50 bits per heavy atom. The van der Waals surface area contributed by atoms with Gasteiger partial charge in [-0.2, -0.15) is 39.5 Å². The van der Waals surface area contributed by atoms with Crippen LogP contribution in [0.1, 0.15) is 27.9 Å². The van der Waals surface area contributed by atoms with Gasteiger partial charge in [0.2, 0.25) is 0 Å². The topological polar surface area (TPSA) is 119 Å². The van der Waals surface area contributed by atoms with Crippen LogP contribution in [0.4, 0.5) is 39.5 Å². The summed E-state index contributed by atoms with van der Waals surface area (Å²) < 4.78 is 167. The number of carbonyl (C=O) groups is 1. The van der Waals surface area contributed by atoms with Crippen LogP contribution in [0.3, 0.4) is 0 Å². The Morgan fingerprint density at radius 2 is 1.07 bits per heavy atom. The van der Waals surface area contributed by atoms with Crippen molar-refractivity contribution in [3.05, 3.63) is 87.3 Å². The average Bonchev–Trinajstić information content (AvgIpc) is 2.89. The minimum absolute atomic E-state index is 0.202. The van der Waals surface area contributed by atoms with Crippen molar-refractivity contribution >= 4 is 58.7 Å². The first-order chi connectivity index (χ1) is 19.9. The summed E-state index contributed by atoms with van der Waals surface area (Å²) in [5.74, 6) is 1.01. The number of sulfone groups is 3. The Bertz CT molecular complexity index is 1700. The summed E-state index contributed by atoms with van der Waals surface area (Å²) in [6, 6.07) is 22.4. The largest absolute Gasteiger partial charge is 0.470 e. The van der Waals surface area contributed by atoms with E-state index in [-0.39, 0.29) is 5.78 Å². The molecular formula is C24H19F9O7S4. The molecule has 0 fully saturated rings. The van der Waals surface area contributed by atoms with Gasteiger partial charge in [-0.15, -0.1) is 0 Å². The van der Waals surface area contributed by atoms with Gasteiger partial charge in [0.25, 0.3) is 0 Å². The molecule has 44 heavy (non-hydrogen) atoms. The van der Waals surface area contributed by atoms with E-state index in [1.807, 2.05) is 36.4 Å². The molecule has 3 aromatic carbocycles. The molecule has 0 N–H and O–H groups in total. The lowest BCUT2D eigenvalue weighted by Gasteiger charge is -2.31. The fraction of sp³-hybridized carbons (Fsp3) is 0.250. The summed E-state index contributed by atoms with van der Waals surface area (Å²) in [6.45, 7) is 0. The standard InChI is InChI=1S/C20H18OS.C4F9O6S3/c21-20(18-10-8-15(14-22)9-11-18)13-12-17-6-3-5-16-4-1-2-7-19(16)17;5-2(6,7)20(14,15)1(21(16,17)3(8,9)10)22(18,19)4(11,12)13/h1-11,22H,12-14H2;/q;-1/p+1. The Labute approximate surface area is 250 Å². The summed E-state index contributed by atoms with van der Waals surface area (Å²) in [5.41, 5.74) is -18.0. The predicted molar refractivity (Wildman–Crippen MR) is 145 cm³/mol. The molecule has 3 rings (SSSR count). The number of hydrogen-bond donors (Lipinski definition) is 0. The molecule has 0 heterocycles. The van der Waals surface area contributed by atoms with Gasteiger partial charge in [0, 0.05) is 17.5 Å². The first-order valence-electron chi connectivity index (χ1n) is 11.4. The lowest BCUT2D eigenvalue weighted by atomic mass is 9.98. The minimum Gasteiger partial charge on any atom is -0.294 e. The molecular weight excluding hydrogens is 700 g/mol. The van der Waals surface area contributed by atoms with Crippen molar-refractivity contribution in [1.82, 2.24) is 0 Å². The van der Waals surface area contributed by atoms with Gasteiger partial charge >= 0.3 is 16.5 Å². The van der Waals surface area contributed by atoms with Crippen LogP contribution in [0, 0.1) is 3.91 Å². The van der Waals surface area contributed by atoms with Crippen molar-refractivity contribution in [3.63, 3.8) is 0 Å². The van der Waals surface area contributed by atoms with Crippen molar-refractivity contribution in [3.8, 4) is 0 Å². The smallest absolute Gasteiger partial charge is 0.294 e. The first-order valence-corrected chi connectivity index (χ1v) is 16.6. The normalized spacial score (nSPS) is 13.4. The number of benzene rings is 3. The second-order valence-electron chi connectivity index (χ2n) is 8.53. The lowest BCUT2D eigenvalue weighted by molar-refractivity contribution is -0.0471. The van der Waals surface area contributed by atoms with Crippen molar-refractivity contribution in [1.29, 1.82) is 0 Å². The third-order valence-corrected chi connectivity index (χ3v) is 13.1. The summed E-state index contributed by atoms with van der Waals surface area (Å²) in [6.07, 6.45) is 1.32. The number of aryl methyl sites for hydroxylation is 1. The zero-order chi connectivity index (χ0) is 33.9. The van der Waals surface area contributed by atoms with Crippen molar-refractivity contribution in [2.75, 3.05) is 0 Å². The van der Waals surface area contributed by atoms with Crippen LogP contribution in [0.2, 0.25) is 0 Å². The van der Waals surface area contributed by atoms with Crippen LogP contribution in [0.15, 0.2) is 66.7 Å². The highest BCUT2D eigenvalue weighted by molar-refractivity contribution is 8.29. The van der Waals surface area contributed by atoms with Gasteiger partial charge in [0.05, 0.1) is 3.91 Å². The Morgan fingerprint density at radius 1 is 0.636 bits per heavy atom. The maximum atomic E-state index is 12.3. The number of rotatable bonds is 8. The second-order valence-corrected chi connectivity index (χ2v) is 15.3. The summed E-state index contributed by atoms with van der Waals surface area (Å²) in [7, 11) is -24.1. The molecule has 0 saturated heterocycles. The fourth-order valence-electron chi connectivity index (χ4n) is 3.43. The van der Waals surface area contributed by atoms with Gasteiger partial charge < -0.3 is 0 Å². The van der Waals surface area contributed by atoms with Crippen LogP contribution in [-0.4, -0.2) is 47.6 Å². The SMILES string of the molecule is O=C(CCc1cccc2ccccc12)c1ccc(C[SH2+])cc1.O=S(=O)([C-](S(=O)(=O)C(F)(F)F)S(=O)(=O)C(F)(F)F)C(F)(F)F. The second kappa shape index (κ2) is 13.3. The van der Waals surface area contributed by atoms with Gasteiger partial charge in [0.1, 0.15) is 5.75 Å². The lowest BCUT2D eigenvalue weighted by Crippen LogP contribution is -2.47. The van der Waals surface area contributed by atoms with E-state index in [0.29, 0.717) is 6.42 Å². The van der Waals surface area contributed by atoms with E-state index in [2.05, 4.69) is 43.0 Å². The third-order valence-electron chi connectivity index (χ3n) is 5.55. The monoisotopic (exact) mass is 718 g/mol. The number of carbonyl (C=O) groups excluding carboxylic acids is 1. The van der Waals surface area contributed by atoms with E-state index in [4.69, 9.17) is 0 Å². The Kier molecular flexibility index (Phi) is 11.3. The van der Waals surface area contributed by atoms with E-state index in [1.54, 1.807) is 0 Å². The van der Waals surface area contributed by atoms with Crippen LogP contribution >= 0.6 is 0 Å². The molecule has 0 aliphatic carbocycles. The average molecular weight is 719 g/mol. The number of hydrogen-bond acceptors (Lipinski definition) is 7. The summed E-state index contributed by atoms with van der Waals surface area (Å²) in [5, 5.41) is 2.47. The van der Waals surface area contributed by atoms with Crippen LogP contribution < -0.4 is 0 Å². The molecule has 0 spiro atoms. The maximum Gasteiger partial charge on any atom is 0.470 e. The molecule has 0 unspecified atom stereocenters. The third kappa shape index (κ3) is 8.05. The van der Waals surface area contributed by atoms with Crippen molar-refractivity contribution in [2.24, 2.45) is 0 Å². The van der Waals surface area contributed by atoms with E-state index in [0.717, 1.165) is 17.7 Å². The van der Waals surface area contributed by atoms with Gasteiger partial charge in [0.15, 0.2) is 35.3 Å². The van der Waals surface area contributed by atoms with E-state index in [9.17, 15) is 69.6 Å². The van der Waals surface area contributed by atoms with Gasteiger partial charge in [-0.3, -0.25) is 30.0 Å². The maximum absolute atomic E-state index is 12.3. The first kappa shape index (κ1) is 37.3. The zero-order valence-electron chi connectivity index (χ0n) is 21.5. The van der Waals surface area contributed by atoms with Crippen LogP contribution in [-0.2, 0) is 54.3 Å². The predicted octanol–water partition coefficient (Wildman–Crippen LogP) is 5.40.